The van der Waals surface area contributed by atoms with Gasteiger partial charge in [-0.25, -0.2) is 9.97 Å². The zero-order chi connectivity index (χ0) is 21.9. The molecule has 156 valence electrons. The van der Waals surface area contributed by atoms with E-state index in [1.165, 1.54) is 6.20 Å². The van der Waals surface area contributed by atoms with Crippen molar-refractivity contribution in [3.63, 3.8) is 0 Å². The molecule has 0 aliphatic carbocycles. The summed E-state index contributed by atoms with van der Waals surface area (Å²) >= 11 is 0. The first-order valence-electron chi connectivity index (χ1n) is 9.33. The number of amides is 2. The number of fused-ring (bicyclic) bond motifs is 1. The maximum Gasteiger partial charge on any atom is 0.271 e. The third-order valence-corrected chi connectivity index (χ3v) is 4.20. The summed E-state index contributed by atoms with van der Waals surface area (Å²) in [6.45, 7) is 6.00. The molecule has 0 bridgehead atoms. The number of rotatable bonds is 7. The fourth-order valence-electron chi connectivity index (χ4n) is 2.90. The Morgan fingerprint density at radius 2 is 1.87 bits per heavy atom. The van der Waals surface area contributed by atoms with Crippen LogP contribution in [0.5, 0.6) is 0 Å². The van der Waals surface area contributed by atoms with Crippen LogP contribution in [0.2, 0.25) is 0 Å². The zero-order valence-electron chi connectivity index (χ0n) is 17.0. The van der Waals surface area contributed by atoms with Crippen molar-refractivity contribution in [3.8, 4) is 0 Å². The molecule has 1 unspecified atom stereocenters. The summed E-state index contributed by atoms with van der Waals surface area (Å²) < 4.78 is 0. The Hall–Kier alpha value is -3.82. The quantitative estimate of drug-likeness (QED) is 0.461. The number of nitrogens with two attached hydrogens (primary N) is 2. The van der Waals surface area contributed by atoms with Crippen molar-refractivity contribution in [2.24, 2.45) is 16.9 Å². The number of carbonyl (C=O) groups excluding carboxylic acids is 2. The Morgan fingerprint density at radius 1 is 1.10 bits per heavy atom. The van der Waals surface area contributed by atoms with Gasteiger partial charge in [0.2, 0.25) is 5.91 Å². The molecular formula is C20H24N8O2. The van der Waals surface area contributed by atoms with E-state index < -0.39 is 17.9 Å². The third kappa shape index (κ3) is 5.16. The number of nitrogens with zero attached hydrogens (tertiary/aromatic N) is 4. The van der Waals surface area contributed by atoms with Gasteiger partial charge < -0.3 is 22.1 Å². The van der Waals surface area contributed by atoms with Gasteiger partial charge in [0.05, 0.1) is 29.1 Å². The van der Waals surface area contributed by atoms with Gasteiger partial charge in [-0.1, -0.05) is 20.8 Å². The Kier molecular flexibility index (Phi) is 5.77. The Balaban J connectivity index is 1.92. The first kappa shape index (κ1) is 20.9. The number of aromatic nitrogens is 4. The molecule has 0 aromatic carbocycles. The van der Waals surface area contributed by atoms with E-state index in [1.54, 1.807) is 24.5 Å². The van der Waals surface area contributed by atoms with E-state index in [-0.39, 0.29) is 22.7 Å². The van der Waals surface area contributed by atoms with Crippen LogP contribution in [0.25, 0.3) is 11.0 Å². The number of anilines is 3. The van der Waals surface area contributed by atoms with E-state index in [4.69, 9.17) is 11.5 Å². The molecule has 6 N–H and O–H groups in total. The van der Waals surface area contributed by atoms with Gasteiger partial charge in [0.25, 0.3) is 5.91 Å². The van der Waals surface area contributed by atoms with Gasteiger partial charge >= 0.3 is 0 Å². The number of carbonyl (C=O) groups is 2. The van der Waals surface area contributed by atoms with E-state index in [2.05, 4.69) is 30.6 Å². The van der Waals surface area contributed by atoms with Gasteiger partial charge in [0, 0.05) is 6.20 Å². The summed E-state index contributed by atoms with van der Waals surface area (Å²) in [4.78, 5) is 40.7. The minimum Gasteiger partial charge on any atom is -0.368 e. The maximum absolute atomic E-state index is 11.9. The summed E-state index contributed by atoms with van der Waals surface area (Å²) in [6.07, 6.45) is 5.07. The van der Waals surface area contributed by atoms with Crippen LogP contribution in [0, 0.1) is 5.41 Å². The average molecular weight is 408 g/mol. The molecule has 0 fully saturated rings. The van der Waals surface area contributed by atoms with Crippen LogP contribution in [0.3, 0.4) is 0 Å². The van der Waals surface area contributed by atoms with Gasteiger partial charge in [-0.2, -0.15) is 0 Å². The predicted octanol–water partition coefficient (Wildman–Crippen LogP) is 1.96. The van der Waals surface area contributed by atoms with Gasteiger partial charge in [-0.3, -0.25) is 19.6 Å². The molecule has 10 heteroatoms. The molecule has 3 aromatic heterocycles. The summed E-state index contributed by atoms with van der Waals surface area (Å²) in [6, 6.07) is 4.74. The van der Waals surface area contributed by atoms with Crippen LogP contribution in [0.1, 0.15) is 37.7 Å². The first-order chi connectivity index (χ1) is 14.1. The minimum absolute atomic E-state index is 0.0480. The van der Waals surface area contributed by atoms with Crippen LogP contribution in [-0.4, -0.2) is 37.8 Å². The Labute approximate surface area is 173 Å². The number of primary amides is 2. The third-order valence-electron chi connectivity index (χ3n) is 4.20. The van der Waals surface area contributed by atoms with Crippen molar-refractivity contribution < 1.29 is 9.59 Å². The molecule has 0 spiro atoms. The summed E-state index contributed by atoms with van der Waals surface area (Å²) in [5, 5.41) is 5.99. The number of pyridine rings is 2. The minimum atomic E-state index is -0.746. The van der Waals surface area contributed by atoms with Gasteiger partial charge in [-0.05, 0) is 30.0 Å². The summed E-state index contributed by atoms with van der Waals surface area (Å²) in [7, 11) is 0. The fourth-order valence-corrected chi connectivity index (χ4v) is 2.90. The monoisotopic (exact) mass is 408 g/mol. The van der Waals surface area contributed by atoms with Crippen molar-refractivity contribution >= 4 is 40.2 Å². The fraction of sp³-hybridized carbons (Fsp3) is 0.300. The van der Waals surface area contributed by atoms with Crippen LogP contribution >= 0.6 is 0 Å². The van der Waals surface area contributed by atoms with Crippen LogP contribution in [-0.2, 0) is 4.79 Å². The smallest absolute Gasteiger partial charge is 0.271 e. The molecule has 2 amide bonds. The second-order valence-electron chi connectivity index (χ2n) is 8.07. The van der Waals surface area contributed by atoms with Crippen LogP contribution in [0.4, 0.5) is 17.3 Å². The highest BCUT2D eigenvalue weighted by Gasteiger charge is 2.24. The van der Waals surface area contributed by atoms with E-state index in [9.17, 15) is 9.59 Å². The normalized spacial score (nSPS) is 12.4. The SMILES string of the molecule is CC(C)(C)CC(Nc1cnc(C(N)=O)c(Nc2cnc3cccnc3c2)n1)C(N)=O. The first-order valence-corrected chi connectivity index (χ1v) is 9.33. The topological polar surface area (TPSA) is 162 Å². The van der Waals surface area contributed by atoms with Gasteiger partial charge in [-0.15, -0.1) is 0 Å². The molecule has 30 heavy (non-hydrogen) atoms. The molecule has 10 nitrogen and oxygen atoms in total. The van der Waals surface area contributed by atoms with Crippen molar-refractivity contribution in [3.05, 3.63) is 42.5 Å². The summed E-state index contributed by atoms with van der Waals surface area (Å²) in [5.74, 6) is -0.847. The molecule has 3 aromatic rings. The molecule has 0 radical (unpaired) electrons. The second kappa shape index (κ2) is 8.27. The molecular weight excluding hydrogens is 384 g/mol. The average Bonchev–Trinajstić information content (AvgIpc) is 2.66. The summed E-state index contributed by atoms with van der Waals surface area (Å²) in [5.41, 5.74) is 12.7. The van der Waals surface area contributed by atoms with Crippen molar-refractivity contribution in [1.29, 1.82) is 0 Å². The van der Waals surface area contributed by atoms with Crippen molar-refractivity contribution in [2.45, 2.75) is 33.2 Å². The van der Waals surface area contributed by atoms with Crippen molar-refractivity contribution in [2.75, 3.05) is 10.6 Å². The highest BCUT2D eigenvalue weighted by Crippen LogP contribution is 2.24. The van der Waals surface area contributed by atoms with Crippen molar-refractivity contribution in [1.82, 2.24) is 19.9 Å². The number of nitrogens with one attached hydrogen (secondary N) is 2. The van der Waals surface area contributed by atoms with E-state index in [1.807, 2.05) is 26.8 Å². The molecule has 0 saturated carbocycles. The Morgan fingerprint density at radius 3 is 2.53 bits per heavy atom. The lowest BCUT2D eigenvalue weighted by molar-refractivity contribution is -0.119. The molecule has 0 aliphatic rings. The predicted molar refractivity (Wildman–Crippen MR) is 114 cm³/mol. The van der Waals surface area contributed by atoms with Gasteiger partial charge in [0.1, 0.15) is 11.9 Å². The standard InChI is InChI=1S/C20H24N8O2/c1-20(2,3)8-14(17(21)29)27-15-10-25-16(18(22)30)19(28-15)26-11-7-13-12(24-9-11)5-4-6-23-13/h4-7,9-10,14H,8H2,1-3H3,(H2,21,29)(H2,22,30)(H2,26,27,28). The van der Waals surface area contributed by atoms with E-state index in [0.29, 0.717) is 17.6 Å². The zero-order valence-corrected chi connectivity index (χ0v) is 17.0. The van der Waals surface area contributed by atoms with E-state index in [0.717, 1.165) is 5.52 Å². The van der Waals surface area contributed by atoms with E-state index >= 15 is 0 Å². The maximum atomic E-state index is 11.9. The largest absolute Gasteiger partial charge is 0.368 e. The molecule has 0 saturated heterocycles. The lowest BCUT2D eigenvalue weighted by Gasteiger charge is -2.25. The van der Waals surface area contributed by atoms with Crippen LogP contribution in [0.15, 0.2) is 36.8 Å². The lowest BCUT2D eigenvalue weighted by Crippen LogP contribution is -2.38. The highest BCUT2D eigenvalue weighted by atomic mass is 16.1. The highest BCUT2D eigenvalue weighted by molar-refractivity contribution is 5.96. The lowest BCUT2D eigenvalue weighted by atomic mass is 9.88. The number of hydrogen-bond donors (Lipinski definition) is 4. The van der Waals surface area contributed by atoms with Gasteiger partial charge in [0.15, 0.2) is 11.5 Å². The van der Waals surface area contributed by atoms with Crippen LogP contribution < -0.4 is 22.1 Å². The number of hydrogen-bond acceptors (Lipinski definition) is 8. The molecule has 3 rings (SSSR count). The Bertz CT molecular complexity index is 1090. The second-order valence-corrected chi connectivity index (χ2v) is 8.07. The molecule has 1 atom stereocenters. The molecule has 0 aliphatic heterocycles. The molecule has 3 heterocycles.